The Bertz CT molecular complexity index is 741. The number of halogens is 4. The lowest BCUT2D eigenvalue weighted by atomic mass is 10.0. The molecule has 0 radical (unpaired) electrons. The minimum absolute atomic E-state index is 0.103. The van der Waals surface area contributed by atoms with Crippen molar-refractivity contribution < 1.29 is 18.7 Å². The molecule has 0 saturated carbocycles. The lowest BCUT2D eigenvalue weighted by Crippen LogP contribution is -2.27. The lowest BCUT2D eigenvalue weighted by molar-refractivity contribution is -0.115. The number of thiophene rings is 1. The van der Waals surface area contributed by atoms with Crippen LogP contribution in [0.25, 0.3) is 11.1 Å². The quantitative estimate of drug-likeness (QED) is 0.607. The number of esters is 1. The second-order valence-corrected chi connectivity index (χ2v) is 7.46. The summed E-state index contributed by atoms with van der Waals surface area (Å²) >= 11 is 17.6. The van der Waals surface area contributed by atoms with E-state index in [0.717, 1.165) is 11.3 Å². The first kappa shape index (κ1) is 18.0. The van der Waals surface area contributed by atoms with Gasteiger partial charge in [-0.2, -0.15) is 0 Å². The Morgan fingerprint density at radius 3 is 2.35 bits per heavy atom. The highest BCUT2D eigenvalue weighted by molar-refractivity contribution is 7.15. The lowest BCUT2D eigenvalue weighted by Gasteiger charge is -2.11. The van der Waals surface area contributed by atoms with Crippen molar-refractivity contribution in [1.29, 1.82) is 0 Å². The number of benzene rings is 1. The summed E-state index contributed by atoms with van der Waals surface area (Å²) in [6.07, 6.45) is 0. The number of hydrogen-bond acceptors (Lipinski definition) is 4. The second kappa shape index (κ2) is 7.05. The third-order valence-corrected chi connectivity index (χ3v) is 4.23. The van der Waals surface area contributed by atoms with Gasteiger partial charge in [-0.3, -0.25) is 4.79 Å². The van der Waals surface area contributed by atoms with Crippen molar-refractivity contribution >= 4 is 63.0 Å². The number of ether oxygens (including phenoxy) is 1. The molecule has 2 aromatic rings. The number of alkyl halides is 3. The first-order valence-electron chi connectivity index (χ1n) is 6.08. The topological polar surface area (TPSA) is 55.4 Å². The van der Waals surface area contributed by atoms with Crippen LogP contribution in [0, 0.1) is 5.82 Å². The summed E-state index contributed by atoms with van der Waals surface area (Å²) in [4.78, 5) is 23.8. The molecule has 1 heterocycles. The van der Waals surface area contributed by atoms with E-state index < -0.39 is 21.5 Å². The van der Waals surface area contributed by atoms with E-state index in [1.165, 1.54) is 31.4 Å². The molecule has 0 saturated heterocycles. The van der Waals surface area contributed by atoms with Crippen LogP contribution >= 0.6 is 46.1 Å². The van der Waals surface area contributed by atoms with Crippen molar-refractivity contribution in [1.82, 2.24) is 0 Å². The minimum Gasteiger partial charge on any atom is -0.465 e. The highest BCUT2D eigenvalue weighted by atomic mass is 35.6. The van der Waals surface area contributed by atoms with Gasteiger partial charge in [-0.1, -0.05) is 46.9 Å². The normalized spacial score (nSPS) is 11.2. The minimum atomic E-state index is -2.17. The van der Waals surface area contributed by atoms with Crippen molar-refractivity contribution in [2.45, 2.75) is 3.79 Å². The SMILES string of the molecule is COC(=O)c1c(-c2ccc(F)cc2)csc1NC(=O)C(Cl)(Cl)Cl. The summed E-state index contributed by atoms with van der Waals surface area (Å²) in [6, 6.07) is 5.52. The number of nitrogens with one attached hydrogen (secondary N) is 1. The van der Waals surface area contributed by atoms with Gasteiger partial charge in [0.2, 0.25) is 0 Å². The highest BCUT2D eigenvalue weighted by Gasteiger charge is 2.33. The standard InChI is InChI=1S/C14H9Cl3FNO3S/c1-22-12(20)10-9(7-2-4-8(18)5-3-7)6-23-11(10)19-13(21)14(15,16)17/h2-6H,1H3,(H,19,21). The third kappa shape index (κ3) is 4.14. The summed E-state index contributed by atoms with van der Waals surface area (Å²) in [6.45, 7) is 0. The molecule has 0 aliphatic carbocycles. The summed E-state index contributed by atoms with van der Waals surface area (Å²) in [7, 11) is 1.20. The van der Waals surface area contributed by atoms with E-state index in [1.807, 2.05) is 0 Å². The van der Waals surface area contributed by atoms with Crippen LogP contribution in [-0.4, -0.2) is 22.8 Å². The van der Waals surface area contributed by atoms with E-state index >= 15 is 0 Å². The van der Waals surface area contributed by atoms with Gasteiger partial charge >= 0.3 is 5.97 Å². The Balaban J connectivity index is 2.47. The van der Waals surface area contributed by atoms with Gasteiger partial charge in [-0.15, -0.1) is 11.3 Å². The molecule has 23 heavy (non-hydrogen) atoms. The smallest absolute Gasteiger partial charge is 0.341 e. The first-order valence-corrected chi connectivity index (χ1v) is 8.09. The van der Waals surface area contributed by atoms with Gasteiger partial charge in [0.1, 0.15) is 16.4 Å². The average molecular weight is 397 g/mol. The zero-order chi connectivity index (χ0) is 17.2. The third-order valence-electron chi connectivity index (χ3n) is 2.82. The number of rotatable bonds is 3. The van der Waals surface area contributed by atoms with Crippen LogP contribution in [-0.2, 0) is 9.53 Å². The molecule has 1 aromatic carbocycles. The fraction of sp³-hybridized carbons (Fsp3) is 0.143. The molecular formula is C14H9Cl3FNO3S. The number of anilines is 1. The average Bonchev–Trinajstić information content (AvgIpc) is 2.90. The number of carbonyl (C=O) groups excluding carboxylic acids is 2. The summed E-state index contributed by atoms with van der Waals surface area (Å²) < 4.78 is 15.6. The van der Waals surface area contributed by atoms with E-state index in [4.69, 9.17) is 39.5 Å². The van der Waals surface area contributed by atoms with Crippen LogP contribution < -0.4 is 5.32 Å². The van der Waals surface area contributed by atoms with Crippen molar-refractivity contribution in [3.05, 3.63) is 41.0 Å². The number of amides is 1. The van der Waals surface area contributed by atoms with E-state index in [0.29, 0.717) is 11.1 Å². The Labute approximate surface area is 150 Å². The van der Waals surface area contributed by atoms with Crippen molar-refractivity contribution in [2.24, 2.45) is 0 Å². The van der Waals surface area contributed by atoms with E-state index in [-0.39, 0.29) is 10.6 Å². The monoisotopic (exact) mass is 395 g/mol. The molecule has 0 unspecified atom stereocenters. The zero-order valence-corrected chi connectivity index (χ0v) is 14.6. The molecule has 2 rings (SSSR count). The van der Waals surface area contributed by atoms with Gasteiger partial charge in [-0.25, -0.2) is 9.18 Å². The van der Waals surface area contributed by atoms with Gasteiger partial charge in [0, 0.05) is 10.9 Å². The molecule has 1 amide bonds. The number of methoxy groups -OCH3 is 1. The predicted molar refractivity (Wildman–Crippen MR) is 90.0 cm³/mol. The fourth-order valence-corrected chi connectivity index (χ4v) is 2.86. The van der Waals surface area contributed by atoms with Crippen LogP contribution in [0.4, 0.5) is 9.39 Å². The second-order valence-electron chi connectivity index (χ2n) is 4.30. The van der Waals surface area contributed by atoms with Crippen LogP contribution in [0.15, 0.2) is 29.6 Å². The summed E-state index contributed by atoms with van der Waals surface area (Å²) in [5.41, 5.74) is 1.16. The van der Waals surface area contributed by atoms with Gasteiger partial charge in [-0.05, 0) is 17.7 Å². The molecule has 122 valence electrons. The van der Waals surface area contributed by atoms with E-state index in [2.05, 4.69) is 5.32 Å². The maximum Gasteiger partial charge on any atom is 0.341 e. The molecular weight excluding hydrogens is 388 g/mol. The van der Waals surface area contributed by atoms with E-state index in [9.17, 15) is 14.0 Å². The van der Waals surface area contributed by atoms with Crippen LogP contribution in [0.5, 0.6) is 0 Å². The Morgan fingerprint density at radius 1 is 1.22 bits per heavy atom. The maximum absolute atomic E-state index is 13.0. The fourth-order valence-electron chi connectivity index (χ4n) is 1.77. The molecule has 1 N–H and O–H groups in total. The molecule has 9 heteroatoms. The van der Waals surface area contributed by atoms with Crippen molar-refractivity contribution in [3.63, 3.8) is 0 Å². The van der Waals surface area contributed by atoms with Crippen LogP contribution in [0.2, 0.25) is 0 Å². The van der Waals surface area contributed by atoms with Gasteiger partial charge in [0.25, 0.3) is 9.70 Å². The molecule has 0 atom stereocenters. The first-order chi connectivity index (χ1) is 10.7. The largest absolute Gasteiger partial charge is 0.465 e. The Hall–Kier alpha value is -1.34. The zero-order valence-electron chi connectivity index (χ0n) is 11.5. The van der Waals surface area contributed by atoms with Gasteiger partial charge in [0.15, 0.2) is 0 Å². The molecule has 1 aromatic heterocycles. The molecule has 0 aliphatic heterocycles. The van der Waals surface area contributed by atoms with Gasteiger partial charge < -0.3 is 10.1 Å². The maximum atomic E-state index is 13.0. The van der Waals surface area contributed by atoms with Gasteiger partial charge in [0.05, 0.1) is 7.11 Å². The highest BCUT2D eigenvalue weighted by Crippen LogP contribution is 2.37. The molecule has 0 aliphatic rings. The molecule has 4 nitrogen and oxygen atoms in total. The van der Waals surface area contributed by atoms with E-state index in [1.54, 1.807) is 5.38 Å². The molecule has 0 spiro atoms. The number of carbonyl (C=O) groups is 2. The molecule has 0 bridgehead atoms. The van der Waals surface area contributed by atoms with Crippen LogP contribution in [0.1, 0.15) is 10.4 Å². The Kier molecular flexibility index (Phi) is 5.52. The predicted octanol–water partition coefficient (Wildman–Crippen LogP) is 4.65. The number of hydrogen-bond donors (Lipinski definition) is 1. The Morgan fingerprint density at radius 2 is 1.83 bits per heavy atom. The van der Waals surface area contributed by atoms with Crippen molar-refractivity contribution in [2.75, 3.05) is 12.4 Å². The molecule has 0 fully saturated rings. The summed E-state index contributed by atoms with van der Waals surface area (Å²) in [5, 5.41) is 4.17. The van der Waals surface area contributed by atoms with Crippen LogP contribution in [0.3, 0.4) is 0 Å². The van der Waals surface area contributed by atoms with Crippen molar-refractivity contribution in [3.8, 4) is 11.1 Å². The summed E-state index contributed by atoms with van der Waals surface area (Å²) in [5.74, 6) is -1.99.